The van der Waals surface area contributed by atoms with E-state index < -0.39 is 11.6 Å². The van der Waals surface area contributed by atoms with Crippen molar-refractivity contribution in [3.05, 3.63) is 77.6 Å². The van der Waals surface area contributed by atoms with Crippen molar-refractivity contribution in [1.29, 1.82) is 0 Å². The lowest BCUT2D eigenvalue weighted by Gasteiger charge is -2.33. The fourth-order valence-electron chi connectivity index (χ4n) is 3.75. The molecule has 1 unspecified atom stereocenters. The summed E-state index contributed by atoms with van der Waals surface area (Å²) >= 11 is 0. The van der Waals surface area contributed by atoms with E-state index >= 15 is 0 Å². The zero-order chi connectivity index (χ0) is 20.4. The van der Waals surface area contributed by atoms with Crippen LogP contribution in [0.15, 0.2) is 48.9 Å². The summed E-state index contributed by atoms with van der Waals surface area (Å²) in [4.78, 5) is 27.6. The Kier molecular flexibility index (Phi) is 5.29. The van der Waals surface area contributed by atoms with E-state index in [2.05, 4.69) is 15.0 Å². The first-order valence-corrected chi connectivity index (χ1v) is 9.51. The Morgan fingerprint density at radius 2 is 1.93 bits per heavy atom. The molecular formula is C22H20F2N4O. The third kappa shape index (κ3) is 3.99. The molecule has 1 amide bonds. The van der Waals surface area contributed by atoms with Crippen LogP contribution >= 0.6 is 0 Å². The van der Waals surface area contributed by atoms with Gasteiger partial charge in [0.05, 0.1) is 5.69 Å². The molecule has 0 saturated carbocycles. The molecule has 5 nitrogen and oxygen atoms in total. The van der Waals surface area contributed by atoms with Crippen LogP contribution < -0.4 is 0 Å². The van der Waals surface area contributed by atoms with Gasteiger partial charge in [-0.2, -0.15) is 0 Å². The first-order chi connectivity index (χ1) is 14.0. The molecule has 0 spiro atoms. The molecule has 0 radical (unpaired) electrons. The van der Waals surface area contributed by atoms with E-state index in [-0.39, 0.29) is 17.4 Å². The van der Waals surface area contributed by atoms with Crippen LogP contribution in [-0.4, -0.2) is 38.8 Å². The number of amides is 1. The minimum absolute atomic E-state index is 0.0304. The predicted molar refractivity (Wildman–Crippen MR) is 104 cm³/mol. The van der Waals surface area contributed by atoms with Crippen LogP contribution in [0.3, 0.4) is 0 Å². The second-order valence-corrected chi connectivity index (χ2v) is 7.17. The zero-order valence-corrected chi connectivity index (χ0v) is 16.0. The van der Waals surface area contributed by atoms with Crippen molar-refractivity contribution in [1.82, 2.24) is 19.9 Å². The Labute approximate surface area is 167 Å². The third-order valence-corrected chi connectivity index (χ3v) is 5.19. The molecule has 29 heavy (non-hydrogen) atoms. The summed E-state index contributed by atoms with van der Waals surface area (Å²) < 4.78 is 26.8. The largest absolute Gasteiger partial charge is 0.338 e. The van der Waals surface area contributed by atoms with Crippen LogP contribution in [0.2, 0.25) is 0 Å². The number of halogens is 2. The van der Waals surface area contributed by atoms with Gasteiger partial charge in [0, 0.05) is 48.7 Å². The number of aryl methyl sites for hydroxylation is 1. The first kappa shape index (κ1) is 19.1. The summed E-state index contributed by atoms with van der Waals surface area (Å²) in [6.07, 6.45) is 6.94. The Hall–Kier alpha value is -3.22. The van der Waals surface area contributed by atoms with E-state index in [1.807, 2.05) is 25.3 Å². The van der Waals surface area contributed by atoms with Gasteiger partial charge in [-0.05, 0) is 55.7 Å². The van der Waals surface area contributed by atoms with Gasteiger partial charge in [-0.15, -0.1) is 0 Å². The molecule has 7 heteroatoms. The standard InChI is InChI=1S/C22H20F2N4O/c1-14-26-12-18(15-6-8-25-9-7-15)21(27-14)17-3-2-10-28(13-17)22(29)16-4-5-19(23)20(24)11-16/h4-9,11-12,17H,2-3,10,13H2,1H3. The predicted octanol–water partition coefficient (Wildman–Crippen LogP) is 4.15. The van der Waals surface area contributed by atoms with Gasteiger partial charge < -0.3 is 4.90 Å². The number of hydrogen-bond acceptors (Lipinski definition) is 4. The highest BCUT2D eigenvalue weighted by molar-refractivity contribution is 5.94. The molecular weight excluding hydrogens is 374 g/mol. The Morgan fingerprint density at radius 3 is 2.69 bits per heavy atom. The van der Waals surface area contributed by atoms with Gasteiger partial charge in [0.15, 0.2) is 11.6 Å². The van der Waals surface area contributed by atoms with Gasteiger partial charge in [0.1, 0.15) is 5.82 Å². The van der Waals surface area contributed by atoms with Crippen LogP contribution in [0.5, 0.6) is 0 Å². The number of aromatic nitrogens is 3. The molecule has 148 valence electrons. The lowest BCUT2D eigenvalue weighted by molar-refractivity contribution is 0.0705. The SMILES string of the molecule is Cc1ncc(-c2ccncc2)c(C2CCCN(C(=O)c3ccc(F)c(F)c3)C2)n1. The Bertz CT molecular complexity index is 1040. The van der Waals surface area contributed by atoms with E-state index in [0.29, 0.717) is 18.9 Å². The average Bonchev–Trinajstić information content (AvgIpc) is 2.76. The second kappa shape index (κ2) is 8.03. The summed E-state index contributed by atoms with van der Waals surface area (Å²) in [5, 5.41) is 0. The molecule has 2 aromatic heterocycles. The summed E-state index contributed by atoms with van der Waals surface area (Å²) in [7, 11) is 0. The number of carbonyl (C=O) groups excluding carboxylic acids is 1. The molecule has 1 saturated heterocycles. The van der Waals surface area contributed by atoms with Gasteiger partial charge >= 0.3 is 0 Å². The van der Waals surface area contributed by atoms with Crippen molar-refractivity contribution in [3.8, 4) is 11.1 Å². The van der Waals surface area contributed by atoms with E-state index in [9.17, 15) is 13.6 Å². The van der Waals surface area contributed by atoms with Crippen molar-refractivity contribution < 1.29 is 13.6 Å². The van der Waals surface area contributed by atoms with Crippen LogP contribution in [0.4, 0.5) is 8.78 Å². The van der Waals surface area contributed by atoms with Crippen LogP contribution in [0.1, 0.15) is 40.6 Å². The number of hydrogen-bond donors (Lipinski definition) is 0. The van der Waals surface area contributed by atoms with Gasteiger partial charge in [-0.1, -0.05) is 0 Å². The van der Waals surface area contributed by atoms with Crippen molar-refractivity contribution in [2.75, 3.05) is 13.1 Å². The molecule has 4 rings (SSSR count). The quantitative estimate of drug-likeness (QED) is 0.670. The van der Waals surface area contributed by atoms with Crippen molar-refractivity contribution >= 4 is 5.91 Å². The van der Waals surface area contributed by atoms with Gasteiger partial charge in [0.2, 0.25) is 0 Å². The van der Waals surface area contributed by atoms with Crippen molar-refractivity contribution in [3.63, 3.8) is 0 Å². The molecule has 1 atom stereocenters. The Balaban J connectivity index is 1.63. The molecule has 1 aromatic carbocycles. The van der Waals surface area contributed by atoms with Crippen LogP contribution in [-0.2, 0) is 0 Å². The molecule has 3 heterocycles. The molecule has 1 fully saturated rings. The summed E-state index contributed by atoms with van der Waals surface area (Å²) in [6, 6.07) is 7.08. The topological polar surface area (TPSA) is 59.0 Å². The number of carbonyl (C=O) groups is 1. The maximum atomic E-state index is 13.6. The highest BCUT2D eigenvalue weighted by Gasteiger charge is 2.28. The lowest BCUT2D eigenvalue weighted by Crippen LogP contribution is -2.39. The zero-order valence-electron chi connectivity index (χ0n) is 16.0. The average molecular weight is 394 g/mol. The fraction of sp³-hybridized carbons (Fsp3) is 0.273. The van der Waals surface area contributed by atoms with Gasteiger partial charge in [-0.25, -0.2) is 18.7 Å². The fourth-order valence-corrected chi connectivity index (χ4v) is 3.75. The highest BCUT2D eigenvalue weighted by Crippen LogP contribution is 2.33. The van der Waals surface area contributed by atoms with E-state index in [4.69, 9.17) is 0 Å². The van der Waals surface area contributed by atoms with Crippen molar-refractivity contribution in [2.24, 2.45) is 0 Å². The highest BCUT2D eigenvalue weighted by atomic mass is 19.2. The minimum Gasteiger partial charge on any atom is -0.338 e. The normalized spacial score (nSPS) is 16.7. The summed E-state index contributed by atoms with van der Waals surface area (Å²) in [6.45, 7) is 2.88. The Morgan fingerprint density at radius 1 is 1.14 bits per heavy atom. The smallest absolute Gasteiger partial charge is 0.253 e. The summed E-state index contributed by atoms with van der Waals surface area (Å²) in [5.74, 6) is -1.58. The molecule has 0 bridgehead atoms. The van der Waals surface area contributed by atoms with E-state index in [1.165, 1.54) is 6.07 Å². The lowest BCUT2D eigenvalue weighted by atomic mass is 9.89. The van der Waals surface area contributed by atoms with Crippen LogP contribution in [0.25, 0.3) is 11.1 Å². The van der Waals surface area contributed by atoms with E-state index in [0.717, 1.165) is 41.8 Å². The minimum atomic E-state index is -1.02. The molecule has 0 aliphatic carbocycles. The number of rotatable bonds is 3. The molecule has 3 aromatic rings. The first-order valence-electron chi connectivity index (χ1n) is 9.51. The second-order valence-electron chi connectivity index (χ2n) is 7.17. The van der Waals surface area contributed by atoms with Gasteiger partial charge in [0.25, 0.3) is 5.91 Å². The van der Waals surface area contributed by atoms with E-state index in [1.54, 1.807) is 17.3 Å². The third-order valence-electron chi connectivity index (χ3n) is 5.19. The summed E-state index contributed by atoms with van der Waals surface area (Å²) in [5.41, 5.74) is 2.94. The number of pyridine rings is 1. The van der Waals surface area contributed by atoms with Crippen LogP contribution in [0, 0.1) is 18.6 Å². The molecule has 1 aliphatic heterocycles. The maximum absolute atomic E-state index is 13.6. The number of piperidine rings is 1. The monoisotopic (exact) mass is 394 g/mol. The number of nitrogens with zero attached hydrogens (tertiary/aromatic N) is 4. The van der Waals surface area contributed by atoms with Crippen molar-refractivity contribution in [2.45, 2.75) is 25.7 Å². The molecule has 1 aliphatic rings. The van der Waals surface area contributed by atoms with Gasteiger partial charge in [-0.3, -0.25) is 9.78 Å². The number of likely N-dealkylation sites (tertiary alicyclic amines) is 1. The molecule has 0 N–H and O–H groups in total. The maximum Gasteiger partial charge on any atom is 0.253 e. The number of benzene rings is 1.